The van der Waals surface area contributed by atoms with E-state index in [1.165, 1.54) is 11.3 Å². The molecule has 7 heteroatoms. The van der Waals surface area contributed by atoms with E-state index in [1.807, 2.05) is 30.5 Å². The van der Waals surface area contributed by atoms with E-state index in [0.717, 1.165) is 15.8 Å². The molecule has 3 aromatic rings. The average Bonchev–Trinajstić information content (AvgIpc) is 3.03. The van der Waals surface area contributed by atoms with Gasteiger partial charge in [-0.1, -0.05) is 29.0 Å². The van der Waals surface area contributed by atoms with E-state index in [4.69, 9.17) is 21.1 Å². The van der Waals surface area contributed by atoms with Crippen molar-refractivity contribution in [3.05, 3.63) is 51.3 Å². The Morgan fingerprint density at radius 1 is 1.23 bits per heavy atom. The maximum absolute atomic E-state index is 12.7. The molecule has 0 aliphatic carbocycles. The number of fused-ring (bicyclic) bond motifs is 2. The van der Waals surface area contributed by atoms with Crippen LogP contribution in [0.4, 0.5) is 0 Å². The van der Waals surface area contributed by atoms with E-state index in [1.54, 1.807) is 18.2 Å². The highest BCUT2D eigenvalue weighted by atomic mass is 35.5. The molecule has 0 radical (unpaired) electrons. The second kappa shape index (κ2) is 6.78. The SMILES string of the molecule is CCn1c(=NC(=O)c2ccc3c(c2)OCCO3)sc2c(Cl)ccc(C)c21. The van der Waals surface area contributed by atoms with Crippen LogP contribution in [0.5, 0.6) is 11.5 Å². The molecule has 2 aromatic carbocycles. The molecule has 0 N–H and O–H groups in total. The molecule has 0 saturated carbocycles. The van der Waals surface area contributed by atoms with Crippen LogP contribution in [-0.2, 0) is 6.54 Å². The van der Waals surface area contributed by atoms with Crippen LogP contribution in [0.3, 0.4) is 0 Å². The molecule has 0 bridgehead atoms. The normalized spacial score (nSPS) is 14.0. The molecule has 0 fully saturated rings. The molecule has 1 aromatic heterocycles. The van der Waals surface area contributed by atoms with Crippen LogP contribution in [-0.4, -0.2) is 23.7 Å². The molecule has 1 amide bonds. The minimum absolute atomic E-state index is 0.315. The van der Waals surface area contributed by atoms with Crippen LogP contribution >= 0.6 is 22.9 Å². The summed E-state index contributed by atoms with van der Waals surface area (Å²) in [4.78, 5) is 17.7. The first-order valence-corrected chi connectivity index (χ1v) is 9.55. The Bertz CT molecular complexity index is 1080. The molecular formula is C19H17ClN2O3S. The van der Waals surface area contributed by atoms with Gasteiger partial charge in [0.2, 0.25) is 0 Å². The molecule has 0 atom stereocenters. The zero-order valence-electron chi connectivity index (χ0n) is 14.4. The van der Waals surface area contributed by atoms with Gasteiger partial charge in [0.05, 0.1) is 15.2 Å². The number of hydrogen-bond acceptors (Lipinski definition) is 4. The lowest BCUT2D eigenvalue weighted by molar-refractivity contribution is 0.0996. The van der Waals surface area contributed by atoms with E-state index in [0.29, 0.717) is 46.6 Å². The summed E-state index contributed by atoms with van der Waals surface area (Å²) in [6.07, 6.45) is 0. The molecule has 0 saturated heterocycles. The third-order valence-electron chi connectivity index (χ3n) is 4.28. The van der Waals surface area contributed by atoms with Crippen LogP contribution in [0.2, 0.25) is 5.02 Å². The third-order valence-corrected chi connectivity index (χ3v) is 5.82. The first-order valence-electron chi connectivity index (χ1n) is 8.35. The van der Waals surface area contributed by atoms with Crippen LogP contribution in [0, 0.1) is 6.92 Å². The van der Waals surface area contributed by atoms with Crippen LogP contribution in [0.25, 0.3) is 10.2 Å². The van der Waals surface area contributed by atoms with Gasteiger partial charge >= 0.3 is 0 Å². The summed E-state index contributed by atoms with van der Waals surface area (Å²) in [6.45, 7) is 5.76. The smallest absolute Gasteiger partial charge is 0.279 e. The maximum atomic E-state index is 12.7. The number of carbonyl (C=O) groups excluding carboxylic acids is 1. The Morgan fingerprint density at radius 3 is 2.77 bits per heavy atom. The first kappa shape index (κ1) is 17.1. The van der Waals surface area contributed by atoms with Crippen LogP contribution in [0.15, 0.2) is 35.3 Å². The monoisotopic (exact) mass is 388 g/mol. The highest BCUT2D eigenvalue weighted by molar-refractivity contribution is 7.17. The fraction of sp³-hybridized carbons (Fsp3) is 0.263. The number of benzene rings is 2. The Balaban J connectivity index is 1.82. The quantitative estimate of drug-likeness (QED) is 0.661. The summed E-state index contributed by atoms with van der Waals surface area (Å²) in [5, 5.41) is 0.672. The van der Waals surface area contributed by atoms with Crippen molar-refractivity contribution in [2.75, 3.05) is 13.2 Å². The summed E-state index contributed by atoms with van der Waals surface area (Å²) in [6, 6.07) is 9.00. The Morgan fingerprint density at radius 2 is 2.00 bits per heavy atom. The Labute approximate surface area is 159 Å². The summed E-state index contributed by atoms with van der Waals surface area (Å²) >= 11 is 7.77. The average molecular weight is 389 g/mol. The molecule has 1 aliphatic rings. The molecule has 0 unspecified atom stereocenters. The van der Waals surface area contributed by atoms with E-state index >= 15 is 0 Å². The van der Waals surface area contributed by atoms with Gasteiger partial charge in [0.1, 0.15) is 13.2 Å². The summed E-state index contributed by atoms with van der Waals surface area (Å²) < 4.78 is 14.0. The van der Waals surface area contributed by atoms with Gasteiger partial charge in [0.15, 0.2) is 16.3 Å². The Hall–Kier alpha value is -2.31. The van der Waals surface area contributed by atoms with E-state index in [-0.39, 0.29) is 5.91 Å². The number of aromatic nitrogens is 1. The van der Waals surface area contributed by atoms with Gasteiger partial charge in [0, 0.05) is 12.1 Å². The lowest BCUT2D eigenvalue weighted by Gasteiger charge is -2.18. The lowest BCUT2D eigenvalue weighted by atomic mass is 10.2. The van der Waals surface area contributed by atoms with E-state index in [2.05, 4.69) is 4.99 Å². The van der Waals surface area contributed by atoms with E-state index in [9.17, 15) is 4.79 Å². The van der Waals surface area contributed by atoms with Crippen molar-refractivity contribution < 1.29 is 14.3 Å². The zero-order valence-corrected chi connectivity index (χ0v) is 16.0. The number of amides is 1. The van der Waals surface area contributed by atoms with Crippen molar-refractivity contribution in [1.82, 2.24) is 4.57 Å². The van der Waals surface area contributed by atoms with Crippen LogP contribution < -0.4 is 14.3 Å². The van der Waals surface area contributed by atoms with Crippen molar-refractivity contribution in [2.45, 2.75) is 20.4 Å². The van der Waals surface area contributed by atoms with Gasteiger partial charge in [-0.25, -0.2) is 0 Å². The predicted octanol–water partition coefficient (Wildman–Crippen LogP) is 4.20. The number of rotatable bonds is 2. The molecule has 1 aliphatic heterocycles. The van der Waals surface area contributed by atoms with Crippen molar-refractivity contribution in [2.24, 2.45) is 4.99 Å². The second-order valence-corrected chi connectivity index (χ2v) is 7.33. The number of hydrogen-bond donors (Lipinski definition) is 0. The highest BCUT2D eigenvalue weighted by Gasteiger charge is 2.16. The molecule has 134 valence electrons. The third kappa shape index (κ3) is 2.89. The maximum Gasteiger partial charge on any atom is 0.279 e. The van der Waals surface area contributed by atoms with Crippen LogP contribution in [0.1, 0.15) is 22.8 Å². The van der Waals surface area contributed by atoms with Gasteiger partial charge in [-0.05, 0) is 43.7 Å². The van der Waals surface area contributed by atoms with Gasteiger partial charge in [0.25, 0.3) is 5.91 Å². The van der Waals surface area contributed by atoms with Crippen molar-refractivity contribution >= 4 is 39.1 Å². The second-order valence-electron chi connectivity index (χ2n) is 5.95. The van der Waals surface area contributed by atoms with Gasteiger partial charge in [-0.3, -0.25) is 4.79 Å². The summed E-state index contributed by atoms with van der Waals surface area (Å²) in [5.41, 5.74) is 2.60. The standard InChI is InChI=1S/C19H17ClN2O3S/c1-3-22-16-11(2)4-6-13(20)17(16)26-19(22)21-18(23)12-5-7-14-15(10-12)25-9-8-24-14/h4-7,10H,3,8-9H2,1-2H3. The first-order chi connectivity index (χ1) is 12.6. The topological polar surface area (TPSA) is 52.8 Å². The molecule has 0 spiro atoms. The predicted molar refractivity (Wildman–Crippen MR) is 103 cm³/mol. The van der Waals surface area contributed by atoms with E-state index < -0.39 is 0 Å². The zero-order chi connectivity index (χ0) is 18.3. The molecule has 5 nitrogen and oxygen atoms in total. The Kier molecular flexibility index (Phi) is 4.46. The number of thiazole rings is 1. The number of nitrogens with zero attached hydrogens (tertiary/aromatic N) is 2. The van der Waals surface area contributed by atoms with Gasteiger partial charge < -0.3 is 14.0 Å². The fourth-order valence-electron chi connectivity index (χ4n) is 3.02. The number of halogens is 1. The largest absolute Gasteiger partial charge is 0.486 e. The van der Waals surface area contributed by atoms with Crippen molar-refractivity contribution in [3.63, 3.8) is 0 Å². The summed E-state index contributed by atoms with van der Waals surface area (Å²) in [7, 11) is 0. The number of carbonyl (C=O) groups is 1. The minimum Gasteiger partial charge on any atom is -0.486 e. The fourth-order valence-corrected chi connectivity index (χ4v) is 4.47. The summed E-state index contributed by atoms with van der Waals surface area (Å²) in [5.74, 6) is 0.918. The number of aryl methyl sites for hydroxylation is 2. The van der Waals surface area contributed by atoms with Crippen molar-refractivity contribution in [3.8, 4) is 11.5 Å². The van der Waals surface area contributed by atoms with Gasteiger partial charge in [-0.15, -0.1) is 0 Å². The van der Waals surface area contributed by atoms with Gasteiger partial charge in [-0.2, -0.15) is 4.99 Å². The molecule has 26 heavy (non-hydrogen) atoms. The number of ether oxygens (including phenoxy) is 2. The molecule has 4 rings (SSSR count). The molecular weight excluding hydrogens is 372 g/mol. The van der Waals surface area contributed by atoms with Crippen molar-refractivity contribution in [1.29, 1.82) is 0 Å². The lowest BCUT2D eigenvalue weighted by Crippen LogP contribution is -2.17. The molecule has 2 heterocycles. The highest BCUT2D eigenvalue weighted by Crippen LogP contribution is 2.31. The minimum atomic E-state index is -0.315.